The van der Waals surface area contributed by atoms with Crippen LogP contribution in [0.3, 0.4) is 0 Å². The normalized spacial score (nSPS) is 10.8. The standard InChI is InChI=1S/C20H27N3O2S/c1-4-12-23(5-2)14-17-8-6-16(7-9-17)13-21-20(25)18-10-11-19(26-18)22-15(3)24/h6-11H,4-5,12-14H2,1-3H3,(H,21,25)(H,22,24). The highest BCUT2D eigenvalue weighted by atomic mass is 32.1. The lowest BCUT2D eigenvalue weighted by Crippen LogP contribution is -2.23. The molecule has 2 N–H and O–H groups in total. The lowest BCUT2D eigenvalue weighted by molar-refractivity contribution is -0.114. The van der Waals surface area contributed by atoms with Crippen LogP contribution >= 0.6 is 11.3 Å². The zero-order chi connectivity index (χ0) is 18.9. The van der Waals surface area contributed by atoms with Crippen LogP contribution in [-0.2, 0) is 17.9 Å². The predicted molar refractivity (Wildman–Crippen MR) is 107 cm³/mol. The molecule has 0 unspecified atom stereocenters. The van der Waals surface area contributed by atoms with Crippen molar-refractivity contribution < 1.29 is 9.59 Å². The number of carbonyl (C=O) groups is 2. The molecule has 0 bridgehead atoms. The summed E-state index contributed by atoms with van der Waals surface area (Å²) in [6.07, 6.45) is 1.16. The number of anilines is 1. The van der Waals surface area contributed by atoms with Crippen molar-refractivity contribution in [2.75, 3.05) is 18.4 Å². The third kappa shape index (κ3) is 6.28. The number of nitrogens with zero attached hydrogens (tertiary/aromatic N) is 1. The molecule has 0 aliphatic rings. The van der Waals surface area contributed by atoms with E-state index in [0.29, 0.717) is 16.4 Å². The van der Waals surface area contributed by atoms with E-state index in [4.69, 9.17) is 0 Å². The SMILES string of the molecule is CCCN(CC)Cc1ccc(CNC(=O)c2ccc(NC(C)=O)s2)cc1. The van der Waals surface area contributed by atoms with Crippen molar-refractivity contribution in [3.8, 4) is 0 Å². The van der Waals surface area contributed by atoms with Gasteiger partial charge < -0.3 is 10.6 Å². The van der Waals surface area contributed by atoms with Gasteiger partial charge in [0, 0.05) is 20.0 Å². The predicted octanol–water partition coefficient (Wildman–Crippen LogP) is 3.87. The fraction of sp³-hybridized carbons (Fsp3) is 0.400. The Kier molecular flexibility index (Phi) is 7.81. The zero-order valence-electron chi connectivity index (χ0n) is 15.7. The zero-order valence-corrected chi connectivity index (χ0v) is 16.5. The van der Waals surface area contributed by atoms with Gasteiger partial charge in [-0.15, -0.1) is 11.3 Å². The summed E-state index contributed by atoms with van der Waals surface area (Å²) in [6.45, 7) is 9.42. The van der Waals surface area contributed by atoms with E-state index in [1.54, 1.807) is 12.1 Å². The van der Waals surface area contributed by atoms with Crippen LogP contribution in [0.15, 0.2) is 36.4 Å². The van der Waals surface area contributed by atoms with Gasteiger partial charge in [-0.3, -0.25) is 14.5 Å². The summed E-state index contributed by atoms with van der Waals surface area (Å²) in [5, 5.41) is 6.29. The number of nitrogens with one attached hydrogen (secondary N) is 2. The quantitative estimate of drug-likeness (QED) is 0.701. The van der Waals surface area contributed by atoms with E-state index >= 15 is 0 Å². The first-order chi connectivity index (χ1) is 12.5. The highest BCUT2D eigenvalue weighted by Crippen LogP contribution is 2.21. The summed E-state index contributed by atoms with van der Waals surface area (Å²) in [6, 6.07) is 11.8. The number of thiophene rings is 1. The minimum atomic E-state index is -0.139. The Bertz CT molecular complexity index is 725. The molecule has 0 aliphatic heterocycles. The molecule has 0 aliphatic carbocycles. The van der Waals surface area contributed by atoms with E-state index in [1.165, 1.54) is 23.8 Å². The molecule has 0 saturated carbocycles. The van der Waals surface area contributed by atoms with Gasteiger partial charge in [-0.05, 0) is 42.8 Å². The molecule has 2 rings (SSSR count). The van der Waals surface area contributed by atoms with Crippen LogP contribution in [0.2, 0.25) is 0 Å². The first-order valence-corrected chi connectivity index (χ1v) is 9.79. The van der Waals surface area contributed by atoms with Gasteiger partial charge in [-0.1, -0.05) is 38.1 Å². The molecular formula is C20H27N3O2S. The first-order valence-electron chi connectivity index (χ1n) is 8.97. The van der Waals surface area contributed by atoms with E-state index in [-0.39, 0.29) is 11.8 Å². The highest BCUT2D eigenvalue weighted by Gasteiger charge is 2.10. The fourth-order valence-electron chi connectivity index (χ4n) is 2.66. The number of amides is 2. The second-order valence-electron chi connectivity index (χ2n) is 6.21. The maximum Gasteiger partial charge on any atom is 0.261 e. The van der Waals surface area contributed by atoms with E-state index in [9.17, 15) is 9.59 Å². The molecule has 6 heteroatoms. The summed E-state index contributed by atoms with van der Waals surface area (Å²) in [7, 11) is 0. The highest BCUT2D eigenvalue weighted by molar-refractivity contribution is 7.18. The molecule has 1 aromatic carbocycles. The van der Waals surface area contributed by atoms with Crippen molar-refractivity contribution in [1.82, 2.24) is 10.2 Å². The van der Waals surface area contributed by atoms with Crippen molar-refractivity contribution in [3.05, 3.63) is 52.4 Å². The molecule has 2 aromatic rings. The minimum Gasteiger partial charge on any atom is -0.347 e. The van der Waals surface area contributed by atoms with Gasteiger partial charge in [0.25, 0.3) is 5.91 Å². The summed E-state index contributed by atoms with van der Waals surface area (Å²) < 4.78 is 0. The average molecular weight is 374 g/mol. The van der Waals surface area contributed by atoms with E-state index in [2.05, 4.69) is 53.6 Å². The molecule has 0 saturated heterocycles. The van der Waals surface area contributed by atoms with Crippen LogP contribution in [0.5, 0.6) is 0 Å². The van der Waals surface area contributed by atoms with E-state index < -0.39 is 0 Å². The lowest BCUT2D eigenvalue weighted by atomic mass is 10.1. The van der Waals surface area contributed by atoms with Gasteiger partial charge >= 0.3 is 0 Å². The molecule has 5 nitrogen and oxygen atoms in total. The van der Waals surface area contributed by atoms with Crippen molar-refractivity contribution in [3.63, 3.8) is 0 Å². The van der Waals surface area contributed by atoms with Gasteiger partial charge in [0.05, 0.1) is 9.88 Å². The van der Waals surface area contributed by atoms with Gasteiger partial charge in [-0.25, -0.2) is 0 Å². The van der Waals surface area contributed by atoms with Crippen LogP contribution in [0.4, 0.5) is 5.00 Å². The molecule has 0 atom stereocenters. The van der Waals surface area contributed by atoms with Gasteiger partial charge in [-0.2, -0.15) is 0 Å². The summed E-state index contributed by atoms with van der Waals surface area (Å²) >= 11 is 1.27. The van der Waals surface area contributed by atoms with Crippen molar-refractivity contribution >= 4 is 28.2 Å². The molecule has 0 radical (unpaired) electrons. The van der Waals surface area contributed by atoms with E-state index in [0.717, 1.165) is 31.6 Å². The van der Waals surface area contributed by atoms with E-state index in [1.807, 2.05) is 0 Å². The number of hydrogen-bond acceptors (Lipinski definition) is 4. The van der Waals surface area contributed by atoms with Gasteiger partial charge in [0.1, 0.15) is 0 Å². The molecule has 0 spiro atoms. The van der Waals surface area contributed by atoms with Crippen LogP contribution in [0, 0.1) is 0 Å². The van der Waals surface area contributed by atoms with Crippen LogP contribution in [0.25, 0.3) is 0 Å². The molecular weight excluding hydrogens is 346 g/mol. The molecule has 1 aromatic heterocycles. The minimum absolute atomic E-state index is 0.129. The number of hydrogen-bond donors (Lipinski definition) is 2. The van der Waals surface area contributed by atoms with Gasteiger partial charge in [0.15, 0.2) is 0 Å². The van der Waals surface area contributed by atoms with Crippen molar-refractivity contribution in [1.29, 1.82) is 0 Å². The third-order valence-corrected chi connectivity index (χ3v) is 5.00. The van der Waals surface area contributed by atoms with Crippen LogP contribution < -0.4 is 10.6 Å². The Hall–Kier alpha value is -2.18. The topological polar surface area (TPSA) is 61.4 Å². The Morgan fingerprint density at radius 1 is 1.04 bits per heavy atom. The summed E-state index contributed by atoms with van der Waals surface area (Å²) in [5.74, 6) is -0.268. The Morgan fingerprint density at radius 3 is 2.35 bits per heavy atom. The number of carbonyl (C=O) groups excluding carboxylic acids is 2. The Labute approximate surface area is 159 Å². The monoisotopic (exact) mass is 373 g/mol. The van der Waals surface area contributed by atoms with Gasteiger partial charge in [0.2, 0.25) is 5.91 Å². The molecule has 140 valence electrons. The number of benzene rings is 1. The van der Waals surface area contributed by atoms with Crippen molar-refractivity contribution in [2.45, 2.75) is 40.3 Å². The van der Waals surface area contributed by atoms with Crippen LogP contribution in [-0.4, -0.2) is 29.8 Å². The summed E-state index contributed by atoms with van der Waals surface area (Å²) in [5.41, 5.74) is 2.35. The van der Waals surface area contributed by atoms with Crippen LogP contribution in [0.1, 0.15) is 48.0 Å². The Balaban J connectivity index is 1.86. The van der Waals surface area contributed by atoms with Crippen molar-refractivity contribution in [2.24, 2.45) is 0 Å². The second-order valence-corrected chi connectivity index (χ2v) is 7.30. The Morgan fingerprint density at radius 2 is 1.73 bits per heavy atom. The second kappa shape index (κ2) is 10.1. The molecule has 26 heavy (non-hydrogen) atoms. The first kappa shape index (κ1) is 20.1. The fourth-order valence-corrected chi connectivity index (χ4v) is 3.52. The smallest absolute Gasteiger partial charge is 0.261 e. The lowest BCUT2D eigenvalue weighted by Gasteiger charge is -2.19. The maximum absolute atomic E-state index is 12.2. The number of rotatable bonds is 9. The average Bonchev–Trinajstić information content (AvgIpc) is 3.08. The summed E-state index contributed by atoms with van der Waals surface area (Å²) in [4.78, 5) is 26.3. The molecule has 1 heterocycles. The third-order valence-electron chi connectivity index (χ3n) is 4.00. The largest absolute Gasteiger partial charge is 0.347 e. The molecule has 0 fully saturated rings. The maximum atomic E-state index is 12.2. The molecule has 2 amide bonds.